The van der Waals surface area contributed by atoms with Gasteiger partial charge in [-0.1, -0.05) is 19.3 Å². The highest BCUT2D eigenvalue weighted by Crippen LogP contribution is 2.38. The van der Waals surface area contributed by atoms with Gasteiger partial charge in [-0.2, -0.15) is 5.10 Å². The fourth-order valence-electron chi connectivity index (χ4n) is 2.76. The van der Waals surface area contributed by atoms with E-state index in [4.69, 9.17) is 5.73 Å². The predicted octanol–water partition coefficient (Wildman–Crippen LogP) is 2.08. The molecule has 3 N–H and O–H groups in total. The van der Waals surface area contributed by atoms with E-state index < -0.39 is 0 Å². The number of aromatic nitrogens is 2. The van der Waals surface area contributed by atoms with E-state index in [1.54, 1.807) is 10.7 Å². The predicted molar refractivity (Wildman–Crippen MR) is 78.3 cm³/mol. The van der Waals surface area contributed by atoms with Gasteiger partial charge >= 0.3 is 0 Å². The average Bonchev–Trinajstić information content (AvgIpc) is 2.75. The molecule has 1 saturated carbocycles. The lowest BCUT2D eigenvalue weighted by molar-refractivity contribution is -0.118. The summed E-state index contributed by atoms with van der Waals surface area (Å²) in [5.41, 5.74) is 5.90. The minimum absolute atomic E-state index is 0. The summed E-state index contributed by atoms with van der Waals surface area (Å²) in [4.78, 5) is 12.0. The Bertz CT molecular complexity index is 413. The van der Waals surface area contributed by atoms with E-state index in [-0.39, 0.29) is 23.7 Å². The van der Waals surface area contributed by atoms with Crippen LogP contribution in [-0.4, -0.2) is 22.2 Å². The molecule has 1 amide bonds. The summed E-state index contributed by atoms with van der Waals surface area (Å²) in [6.45, 7) is 0.600. The first-order valence-electron chi connectivity index (χ1n) is 6.63. The van der Waals surface area contributed by atoms with Gasteiger partial charge in [0.15, 0.2) is 5.82 Å². The Hall–Kier alpha value is -1.07. The maximum absolute atomic E-state index is 12.0. The molecule has 1 aliphatic rings. The second kappa shape index (κ2) is 6.91. The number of nitrogens with one attached hydrogen (secondary N) is 1. The molecule has 0 aliphatic heterocycles. The standard InChI is InChI=1S/C13H22N4O.ClH/c1-17-8-5-11(16-17)15-12(18)9-13(10-14)6-3-2-4-7-13;/h5,8H,2-4,6-7,9-10,14H2,1H3,(H,15,16,18);1H. The molecule has 0 atom stereocenters. The molecule has 108 valence electrons. The number of hydrogen-bond donors (Lipinski definition) is 2. The van der Waals surface area contributed by atoms with Crippen LogP contribution in [0.25, 0.3) is 0 Å². The lowest BCUT2D eigenvalue weighted by atomic mass is 9.71. The molecule has 0 aromatic carbocycles. The molecular formula is C13H23ClN4O. The summed E-state index contributed by atoms with van der Waals surface area (Å²) in [6.07, 6.45) is 8.11. The molecule has 6 heteroatoms. The zero-order valence-corrected chi connectivity index (χ0v) is 12.2. The monoisotopic (exact) mass is 286 g/mol. The first-order chi connectivity index (χ1) is 8.63. The summed E-state index contributed by atoms with van der Waals surface area (Å²) >= 11 is 0. The van der Waals surface area contributed by atoms with Gasteiger partial charge in [0.25, 0.3) is 0 Å². The molecular weight excluding hydrogens is 264 g/mol. The summed E-state index contributed by atoms with van der Waals surface area (Å²) in [7, 11) is 1.83. The van der Waals surface area contributed by atoms with E-state index >= 15 is 0 Å². The molecule has 0 saturated heterocycles. The van der Waals surface area contributed by atoms with Crippen LogP contribution in [0.5, 0.6) is 0 Å². The van der Waals surface area contributed by atoms with Crippen molar-refractivity contribution in [1.29, 1.82) is 0 Å². The van der Waals surface area contributed by atoms with Crippen LogP contribution in [-0.2, 0) is 11.8 Å². The van der Waals surface area contributed by atoms with Crippen LogP contribution in [0.15, 0.2) is 12.3 Å². The molecule has 0 unspecified atom stereocenters. The first-order valence-corrected chi connectivity index (χ1v) is 6.63. The van der Waals surface area contributed by atoms with E-state index in [0.29, 0.717) is 18.8 Å². The summed E-state index contributed by atoms with van der Waals surface area (Å²) < 4.78 is 1.68. The fraction of sp³-hybridized carbons (Fsp3) is 0.692. The lowest BCUT2D eigenvalue weighted by Gasteiger charge is -2.35. The first kappa shape index (κ1) is 16.0. The van der Waals surface area contributed by atoms with Crippen molar-refractivity contribution in [3.63, 3.8) is 0 Å². The number of nitrogens with two attached hydrogens (primary N) is 1. The number of carbonyl (C=O) groups is 1. The molecule has 19 heavy (non-hydrogen) atoms. The topological polar surface area (TPSA) is 72.9 Å². The van der Waals surface area contributed by atoms with Crippen LogP contribution in [0.1, 0.15) is 38.5 Å². The van der Waals surface area contributed by atoms with Gasteiger partial charge in [0.2, 0.25) is 5.91 Å². The average molecular weight is 287 g/mol. The Morgan fingerprint density at radius 3 is 2.68 bits per heavy atom. The maximum Gasteiger partial charge on any atom is 0.226 e. The molecule has 2 rings (SSSR count). The number of halogens is 1. The molecule has 0 bridgehead atoms. The second-order valence-corrected chi connectivity index (χ2v) is 5.36. The quantitative estimate of drug-likeness (QED) is 0.890. The smallest absolute Gasteiger partial charge is 0.226 e. The Labute approximate surface area is 120 Å². The summed E-state index contributed by atoms with van der Waals surface area (Å²) in [5.74, 6) is 0.645. The Morgan fingerprint density at radius 1 is 1.47 bits per heavy atom. The molecule has 1 heterocycles. The van der Waals surface area contributed by atoms with Crippen molar-refractivity contribution < 1.29 is 4.79 Å². The van der Waals surface area contributed by atoms with Crippen molar-refractivity contribution in [2.45, 2.75) is 38.5 Å². The Morgan fingerprint density at radius 2 is 2.16 bits per heavy atom. The highest BCUT2D eigenvalue weighted by atomic mass is 35.5. The molecule has 1 fully saturated rings. The highest BCUT2D eigenvalue weighted by molar-refractivity contribution is 5.90. The summed E-state index contributed by atoms with van der Waals surface area (Å²) in [5, 5.41) is 6.99. The Kier molecular flexibility index (Phi) is 5.82. The highest BCUT2D eigenvalue weighted by Gasteiger charge is 2.33. The van der Waals surface area contributed by atoms with E-state index in [1.165, 1.54) is 19.3 Å². The Balaban J connectivity index is 0.00000180. The van der Waals surface area contributed by atoms with Crippen molar-refractivity contribution in [3.8, 4) is 0 Å². The third-order valence-electron chi connectivity index (χ3n) is 3.86. The van der Waals surface area contributed by atoms with Crippen molar-refractivity contribution >= 4 is 24.1 Å². The van der Waals surface area contributed by atoms with Crippen molar-refractivity contribution in [2.75, 3.05) is 11.9 Å². The molecule has 5 nitrogen and oxygen atoms in total. The van der Waals surface area contributed by atoms with E-state index in [0.717, 1.165) is 12.8 Å². The van der Waals surface area contributed by atoms with Crippen molar-refractivity contribution in [1.82, 2.24) is 9.78 Å². The number of nitrogens with zero attached hydrogens (tertiary/aromatic N) is 2. The zero-order valence-electron chi connectivity index (χ0n) is 11.4. The van der Waals surface area contributed by atoms with Crippen LogP contribution >= 0.6 is 12.4 Å². The number of anilines is 1. The molecule has 1 aromatic heterocycles. The number of hydrogen-bond acceptors (Lipinski definition) is 3. The molecule has 0 radical (unpaired) electrons. The lowest BCUT2D eigenvalue weighted by Crippen LogP contribution is -2.36. The number of aryl methyl sites for hydroxylation is 1. The minimum atomic E-state index is 0. The fourth-order valence-corrected chi connectivity index (χ4v) is 2.76. The van der Waals surface area contributed by atoms with Crippen molar-refractivity contribution in [3.05, 3.63) is 12.3 Å². The maximum atomic E-state index is 12.0. The van der Waals surface area contributed by atoms with Gasteiger partial charge in [0.05, 0.1) is 0 Å². The van der Waals surface area contributed by atoms with Crippen LogP contribution in [0.4, 0.5) is 5.82 Å². The van der Waals surface area contributed by atoms with Gasteiger partial charge in [0, 0.05) is 25.7 Å². The van der Waals surface area contributed by atoms with Gasteiger partial charge in [-0.05, 0) is 24.8 Å². The summed E-state index contributed by atoms with van der Waals surface area (Å²) in [6, 6.07) is 1.80. The van der Waals surface area contributed by atoms with Gasteiger partial charge in [-0.3, -0.25) is 9.48 Å². The van der Waals surface area contributed by atoms with E-state index in [1.807, 2.05) is 13.2 Å². The van der Waals surface area contributed by atoms with Crippen LogP contribution in [0.2, 0.25) is 0 Å². The van der Waals surface area contributed by atoms with Crippen molar-refractivity contribution in [2.24, 2.45) is 18.2 Å². The molecule has 1 aliphatic carbocycles. The van der Waals surface area contributed by atoms with E-state index in [2.05, 4.69) is 10.4 Å². The van der Waals surface area contributed by atoms with E-state index in [9.17, 15) is 4.79 Å². The van der Waals surface area contributed by atoms with Crippen LogP contribution in [0.3, 0.4) is 0 Å². The zero-order chi connectivity index (χ0) is 13.0. The third kappa shape index (κ3) is 4.21. The van der Waals surface area contributed by atoms with Gasteiger partial charge in [-0.15, -0.1) is 12.4 Å². The van der Waals surface area contributed by atoms with Gasteiger partial charge < -0.3 is 11.1 Å². The molecule has 1 aromatic rings. The number of amides is 1. The SMILES string of the molecule is Cl.Cn1ccc(NC(=O)CC2(CN)CCCCC2)n1. The minimum Gasteiger partial charge on any atom is -0.330 e. The number of rotatable bonds is 4. The normalized spacial score (nSPS) is 17.6. The van der Waals surface area contributed by atoms with Crippen LogP contribution in [0, 0.1) is 5.41 Å². The second-order valence-electron chi connectivity index (χ2n) is 5.36. The molecule has 0 spiro atoms. The van der Waals surface area contributed by atoms with Gasteiger partial charge in [-0.25, -0.2) is 0 Å². The largest absolute Gasteiger partial charge is 0.330 e. The van der Waals surface area contributed by atoms with Crippen LogP contribution < -0.4 is 11.1 Å². The third-order valence-corrected chi connectivity index (χ3v) is 3.86. The number of carbonyl (C=O) groups excluding carboxylic acids is 1. The van der Waals surface area contributed by atoms with Gasteiger partial charge in [0.1, 0.15) is 0 Å².